The van der Waals surface area contributed by atoms with Crippen LogP contribution in [0.1, 0.15) is 47.7 Å². The summed E-state index contributed by atoms with van der Waals surface area (Å²) in [6.07, 6.45) is 3.27. The fourth-order valence-electron chi connectivity index (χ4n) is 3.00. The maximum Gasteiger partial charge on any atom is 0.341 e. The number of nitrogens with zero attached hydrogens (tertiary/aromatic N) is 1. The lowest BCUT2D eigenvalue weighted by Crippen LogP contribution is -2.42. The second kappa shape index (κ2) is 6.81. The van der Waals surface area contributed by atoms with E-state index in [1.807, 2.05) is 18.7 Å². The molecule has 1 fully saturated rings. The molecule has 1 saturated heterocycles. The molecule has 0 aromatic heterocycles. The molecule has 1 aliphatic heterocycles. The summed E-state index contributed by atoms with van der Waals surface area (Å²) < 4.78 is 5.31. The Hall–Kier alpha value is -2.04. The SMILES string of the molecule is Cc1cc(C(=O)N2CCCCC2C)cc(C)c1OCC(=O)O. The molecule has 5 heteroatoms. The first-order valence-electron chi connectivity index (χ1n) is 7.67. The molecule has 2 rings (SSSR count). The van der Waals surface area contributed by atoms with Crippen LogP contribution in [0.2, 0.25) is 0 Å². The first kappa shape index (κ1) is 16.3. The molecule has 1 N–H and O–H groups in total. The molecule has 0 bridgehead atoms. The average molecular weight is 305 g/mol. The Bertz CT molecular complexity index is 559. The highest BCUT2D eigenvalue weighted by atomic mass is 16.5. The van der Waals surface area contributed by atoms with Crippen LogP contribution in [0, 0.1) is 13.8 Å². The number of carbonyl (C=O) groups excluding carboxylic acids is 1. The minimum absolute atomic E-state index is 0.0446. The van der Waals surface area contributed by atoms with Gasteiger partial charge in [0.25, 0.3) is 5.91 Å². The maximum atomic E-state index is 12.7. The first-order valence-corrected chi connectivity index (χ1v) is 7.67. The molecule has 1 aromatic rings. The van der Waals surface area contributed by atoms with E-state index in [1.54, 1.807) is 12.1 Å². The zero-order valence-electron chi connectivity index (χ0n) is 13.4. The number of likely N-dealkylation sites (tertiary alicyclic amines) is 1. The molecule has 1 unspecified atom stereocenters. The Balaban J connectivity index is 2.21. The van der Waals surface area contributed by atoms with Crippen molar-refractivity contribution in [3.63, 3.8) is 0 Å². The van der Waals surface area contributed by atoms with Crippen molar-refractivity contribution < 1.29 is 19.4 Å². The molecule has 0 aliphatic carbocycles. The quantitative estimate of drug-likeness (QED) is 0.929. The average Bonchev–Trinajstić information content (AvgIpc) is 2.45. The number of rotatable bonds is 4. The third kappa shape index (κ3) is 3.59. The lowest BCUT2D eigenvalue weighted by atomic mass is 10.00. The normalized spacial score (nSPS) is 18.1. The summed E-state index contributed by atoms with van der Waals surface area (Å²) in [5, 5.41) is 8.71. The van der Waals surface area contributed by atoms with Gasteiger partial charge in [0.15, 0.2) is 6.61 Å². The molecule has 120 valence electrons. The van der Waals surface area contributed by atoms with Crippen molar-refractivity contribution in [3.05, 3.63) is 28.8 Å². The molecule has 0 radical (unpaired) electrons. The van der Waals surface area contributed by atoms with Gasteiger partial charge in [-0.05, 0) is 63.3 Å². The summed E-state index contributed by atoms with van der Waals surface area (Å²) in [6, 6.07) is 3.84. The van der Waals surface area contributed by atoms with Crippen molar-refractivity contribution >= 4 is 11.9 Å². The number of ether oxygens (including phenoxy) is 1. The summed E-state index contributed by atoms with van der Waals surface area (Å²) in [5.74, 6) is -0.421. The van der Waals surface area contributed by atoms with Gasteiger partial charge in [0.2, 0.25) is 0 Å². The van der Waals surface area contributed by atoms with Crippen LogP contribution >= 0.6 is 0 Å². The summed E-state index contributed by atoms with van der Waals surface area (Å²) >= 11 is 0. The third-order valence-electron chi connectivity index (χ3n) is 4.11. The number of carbonyl (C=O) groups is 2. The van der Waals surface area contributed by atoms with E-state index in [4.69, 9.17) is 9.84 Å². The molecule has 1 atom stereocenters. The van der Waals surface area contributed by atoms with Crippen LogP contribution in [0.3, 0.4) is 0 Å². The van der Waals surface area contributed by atoms with Gasteiger partial charge in [-0.1, -0.05) is 0 Å². The van der Waals surface area contributed by atoms with E-state index in [-0.39, 0.29) is 18.6 Å². The highest BCUT2D eigenvalue weighted by Gasteiger charge is 2.25. The van der Waals surface area contributed by atoms with Gasteiger partial charge in [0, 0.05) is 18.2 Å². The van der Waals surface area contributed by atoms with E-state index in [0.29, 0.717) is 11.3 Å². The van der Waals surface area contributed by atoms with Gasteiger partial charge >= 0.3 is 5.97 Å². The third-order valence-corrected chi connectivity index (χ3v) is 4.11. The van der Waals surface area contributed by atoms with Crippen LogP contribution in [0.25, 0.3) is 0 Å². The number of aryl methyl sites for hydroxylation is 2. The van der Waals surface area contributed by atoms with E-state index < -0.39 is 5.97 Å². The smallest absolute Gasteiger partial charge is 0.341 e. The molecule has 0 spiro atoms. The molecule has 1 amide bonds. The van der Waals surface area contributed by atoms with E-state index in [9.17, 15) is 9.59 Å². The van der Waals surface area contributed by atoms with E-state index >= 15 is 0 Å². The Kier molecular flexibility index (Phi) is 5.06. The van der Waals surface area contributed by atoms with E-state index in [2.05, 4.69) is 6.92 Å². The summed E-state index contributed by atoms with van der Waals surface area (Å²) in [5.41, 5.74) is 2.22. The Morgan fingerprint density at radius 3 is 2.45 bits per heavy atom. The second-order valence-electron chi connectivity index (χ2n) is 5.96. The number of hydrogen-bond donors (Lipinski definition) is 1. The number of aliphatic carboxylic acids is 1. The first-order chi connectivity index (χ1) is 10.4. The number of carboxylic acid groups (broad SMARTS) is 1. The van der Waals surface area contributed by atoms with Crippen LogP contribution in [0.4, 0.5) is 0 Å². The number of carboxylic acids is 1. The van der Waals surface area contributed by atoms with Crippen molar-refractivity contribution in [2.45, 2.75) is 46.1 Å². The molecule has 1 heterocycles. The highest BCUT2D eigenvalue weighted by molar-refractivity contribution is 5.95. The van der Waals surface area contributed by atoms with Gasteiger partial charge in [-0.2, -0.15) is 0 Å². The summed E-state index contributed by atoms with van der Waals surface area (Å²) in [6.45, 7) is 6.18. The van der Waals surface area contributed by atoms with Crippen molar-refractivity contribution in [1.29, 1.82) is 0 Å². The van der Waals surface area contributed by atoms with Gasteiger partial charge in [-0.25, -0.2) is 4.79 Å². The number of amides is 1. The van der Waals surface area contributed by atoms with Crippen molar-refractivity contribution in [2.75, 3.05) is 13.2 Å². The van der Waals surface area contributed by atoms with Gasteiger partial charge in [0.05, 0.1) is 0 Å². The van der Waals surface area contributed by atoms with Gasteiger partial charge in [0.1, 0.15) is 5.75 Å². The van der Waals surface area contributed by atoms with Crippen LogP contribution in [0.15, 0.2) is 12.1 Å². The monoisotopic (exact) mass is 305 g/mol. The largest absolute Gasteiger partial charge is 0.481 e. The molecule has 1 aromatic carbocycles. The number of benzene rings is 1. The summed E-state index contributed by atoms with van der Waals surface area (Å²) in [4.78, 5) is 25.2. The highest BCUT2D eigenvalue weighted by Crippen LogP contribution is 2.27. The number of hydrogen-bond acceptors (Lipinski definition) is 3. The van der Waals surface area contributed by atoms with Crippen LogP contribution < -0.4 is 4.74 Å². The lowest BCUT2D eigenvalue weighted by Gasteiger charge is -2.33. The van der Waals surface area contributed by atoms with Crippen molar-refractivity contribution in [1.82, 2.24) is 4.90 Å². The van der Waals surface area contributed by atoms with Gasteiger partial charge in [-0.15, -0.1) is 0 Å². The predicted octanol–water partition coefficient (Wildman–Crippen LogP) is 2.78. The number of piperidine rings is 1. The second-order valence-corrected chi connectivity index (χ2v) is 5.96. The fraction of sp³-hybridized carbons (Fsp3) is 0.529. The topological polar surface area (TPSA) is 66.8 Å². The molecule has 0 saturated carbocycles. The predicted molar refractivity (Wildman–Crippen MR) is 83.4 cm³/mol. The van der Waals surface area contributed by atoms with E-state index in [0.717, 1.165) is 30.5 Å². The molecule has 5 nitrogen and oxygen atoms in total. The Morgan fingerprint density at radius 2 is 1.91 bits per heavy atom. The summed E-state index contributed by atoms with van der Waals surface area (Å²) in [7, 11) is 0. The van der Waals surface area contributed by atoms with Crippen molar-refractivity contribution in [3.8, 4) is 5.75 Å². The zero-order chi connectivity index (χ0) is 16.3. The van der Waals surface area contributed by atoms with Crippen LogP contribution in [0.5, 0.6) is 5.75 Å². The lowest BCUT2D eigenvalue weighted by molar-refractivity contribution is -0.139. The molecular weight excluding hydrogens is 282 g/mol. The Morgan fingerprint density at radius 1 is 1.27 bits per heavy atom. The molecule has 1 aliphatic rings. The zero-order valence-corrected chi connectivity index (χ0v) is 13.4. The minimum atomic E-state index is -1.01. The van der Waals surface area contributed by atoms with Gasteiger partial charge in [-0.3, -0.25) is 4.79 Å². The minimum Gasteiger partial charge on any atom is -0.481 e. The van der Waals surface area contributed by atoms with Crippen molar-refractivity contribution in [2.24, 2.45) is 0 Å². The maximum absolute atomic E-state index is 12.7. The van der Waals surface area contributed by atoms with Crippen LogP contribution in [-0.4, -0.2) is 41.1 Å². The fourth-order valence-corrected chi connectivity index (χ4v) is 3.00. The molecule has 22 heavy (non-hydrogen) atoms. The van der Waals surface area contributed by atoms with Gasteiger partial charge < -0.3 is 14.7 Å². The Labute approximate surface area is 130 Å². The standard InChI is InChI=1S/C17H23NO4/c1-11-8-14(9-12(2)16(11)22-10-15(19)20)17(21)18-7-5-4-6-13(18)3/h8-9,13H,4-7,10H2,1-3H3,(H,19,20). The molecular formula is C17H23NO4. The van der Waals surface area contributed by atoms with Crippen LogP contribution in [-0.2, 0) is 4.79 Å². The van der Waals surface area contributed by atoms with E-state index in [1.165, 1.54) is 6.42 Å².